The van der Waals surface area contributed by atoms with E-state index in [2.05, 4.69) is 5.32 Å². The van der Waals surface area contributed by atoms with Crippen molar-refractivity contribution in [1.29, 1.82) is 0 Å². The summed E-state index contributed by atoms with van der Waals surface area (Å²) in [6, 6.07) is 15.0. The van der Waals surface area contributed by atoms with Crippen LogP contribution in [0.3, 0.4) is 0 Å². The van der Waals surface area contributed by atoms with Crippen molar-refractivity contribution in [2.24, 2.45) is 0 Å². The van der Waals surface area contributed by atoms with Crippen molar-refractivity contribution in [2.45, 2.75) is 6.42 Å². The molecule has 166 valence electrons. The van der Waals surface area contributed by atoms with Crippen LogP contribution in [-0.4, -0.2) is 52.0 Å². The van der Waals surface area contributed by atoms with Gasteiger partial charge in [0.2, 0.25) is 0 Å². The van der Waals surface area contributed by atoms with Crippen LogP contribution in [0.25, 0.3) is 4.91 Å². The minimum Gasteiger partial charge on any atom is -0.383 e. The first kappa shape index (κ1) is 23.2. The molecule has 0 bridgehead atoms. The van der Waals surface area contributed by atoms with Crippen LogP contribution < -0.4 is 9.50 Å². The summed E-state index contributed by atoms with van der Waals surface area (Å²) < 4.78 is 54.1. The van der Waals surface area contributed by atoms with Gasteiger partial charge in [0, 0.05) is 6.54 Å². The smallest absolute Gasteiger partial charge is 0.306 e. The number of nitrogens with one attached hydrogen (secondary N) is 1. The summed E-state index contributed by atoms with van der Waals surface area (Å²) in [5.41, 5.74) is 1.37. The molecule has 0 saturated heterocycles. The van der Waals surface area contributed by atoms with Gasteiger partial charge in [-0.25, -0.2) is 12.7 Å². The van der Waals surface area contributed by atoms with Crippen molar-refractivity contribution in [3.63, 3.8) is 0 Å². The van der Waals surface area contributed by atoms with Gasteiger partial charge in [-0.2, -0.15) is 8.42 Å². The van der Waals surface area contributed by atoms with Crippen molar-refractivity contribution in [3.8, 4) is 5.75 Å². The third kappa shape index (κ3) is 5.41. The highest BCUT2D eigenvalue weighted by molar-refractivity contribution is 8.02. The highest BCUT2D eigenvalue weighted by Crippen LogP contribution is 2.35. The Labute approximate surface area is 186 Å². The number of carbonyl (C=O) groups excluding carboxylic acids is 1. The zero-order chi connectivity index (χ0) is 22.6. The second kappa shape index (κ2) is 9.33. The van der Waals surface area contributed by atoms with Crippen LogP contribution in [0.15, 0.2) is 60.3 Å². The quantitative estimate of drug-likeness (QED) is 0.541. The van der Waals surface area contributed by atoms with Gasteiger partial charge in [0.05, 0.1) is 12.1 Å². The second-order valence-corrected chi connectivity index (χ2v) is 11.0. The zero-order valence-electron chi connectivity index (χ0n) is 16.9. The van der Waals surface area contributed by atoms with Gasteiger partial charge in [-0.1, -0.05) is 42.5 Å². The average Bonchev–Trinajstić information content (AvgIpc) is 2.89. The van der Waals surface area contributed by atoms with Crippen LogP contribution in [0, 0.1) is 0 Å². The average molecular weight is 483 g/mol. The van der Waals surface area contributed by atoms with E-state index < -0.39 is 26.0 Å². The highest BCUT2D eigenvalue weighted by atomic mass is 32.2. The van der Waals surface area contributed by atoms with Gasteiger partial charge in [0.1, 0.15) is 16.4 Å². The number of amides is 1. The molecule has 1 N–H and O–H groups in total. The molecule has 3 rings (SSSR count). The van der Waals surface area contributed by atoms with E-state index in [9.17, 15) is 21.6 Å². The van der Waals surface area contributed by atoms with E-state index >= 15 is 0 Å². The predicted molar refractivity (Wildman–Crippen MR) is 121 cm³/mol. The first-order valence-corrected chi connectivity index (χ1v) is 13.9. The van der Waals surface area contributed by atoms with Gasteiger partial charge in [-0.3, -0.25) is 4.79 Å². The molecule has 0 saturated carbocycles. The lowest BCUT2D eigenvalue weighted by molar-refractivity contribution is -0.121. The molecule has 1 aliphatic rings. The molecule has 2 aromatic rings. The normalized spacial score (nSPS) is 15.9. The summed E-state index contributed by atoms with van der Waals surface area (Å²) in [5, 5.41) is 3.00. The van der Waals surface area contributed by atoms with Crippen LogP contribution in [0.4, 0.5) is 0 Å². The molecular weight excluding hydrogens is 460 g/mol. The molecule has 1 heterocycles. The molecule has 0 atom stereocenters. The van der Waals surface area contributed by atoms with Gasteiger partial charge >= 0.3 is 10.1 Å². The lowest BCUT2D eigenvalue weighted by Crippen LogP contribution is -2.33. The number of hydrogen-bond acceptors (Lipinski definition) is 8. The number of benzene rings is 2. The fourth-order valence-corrected chi connectivity index (χ4v) is 6.14. The molecule has 0 unspecified atom stereocenters. The van der Waals surface area contributed by atoms with Gasteiger partial charge in [0.15, 0.2) is 0 Å². The molecule has 0 fully saturated rings. The van der Waals surface area contributed by atoms with Crippen LogP contribution in [0.2, 0.25) is 0 Å². The minimum absolute atomic E-state index is 0.0240. The Bertz CT molecular complexity index is 1190. The molecule has 1 amide bonds. The number of hydrogen-bond donors (Lipinski definition) is 1. The number of thioether (sulfide) groups is 1. The van der Waals surface area contributed by atoms with E-state index in [1.54, 1.807) is 48.7 Å². The van der Waals surface area contributed by atoms with E-state index in [-0.39, 0.29) is 22.2 Å². The zero-order valence-corrected chi connectivity index (χ0v) is 19.4. The third-order valence-electron chi connectivity index (χ3n) is 4.38. The Kier molecular flexibility index (Phi) is 6.97. The minimum atomic E-state index is -3.95. The lowest BCUT2D eigenvalue weighted by Gasteiger charge is -2.14. The Balaban J connectivity index is 1.80. The molecular formula is C20H22N2O6S3. The van der Waals surface area contributed by atoms with Crippen molar-refractivity contribution in [2.75, 3.05) is 24.9 Å². The fraction of sp³-hybridized carbons (Fsp3) is 0.250. The van der Waals surface area contributed by atoms with Crippen LogP contribution >= 0.6 is 11.8 Å². The lowest BCUT2D eigenvalue weighted by atomic mass is 10.1. The number of sulfonamides is 1. The first-order chi connectivity index (χ1) is 14.6. The summed E-state index contributed by atoms with van der Waals surface area (Å²) in [5.74, 6) is -0.340. The molecule has 0 spiro atoms. The maximum Gasteiger partial charge on any atom is 0.306 e. The molecule has 1 aliphatic heterocycles. The largest absolute Gasteiger partial charge is 0.383 e. The summed E-state index contributed by atoms with van der Waals surface area (Å²) >= 11 is 1.25. The van der Waals surface area contributed by atoms with E-state index in [1.807, 2.05) is 0 Å². The second-order valence-electron chi connectivity index (χ2n) is 6.75. The van der Waals surface area contributed by atoms with Crippen molar-refractivity contribution in [3.05, 3.63) is 71.4 Å². The topological polar surface area (TPSA) is 110 Å². The van der Waals surface area contributed by atoms with E-state index in [0.717, 1.165) is 16.1 Å². The van der Waals surface area contributed by atoms with Gasteiger partial charge in [0.25, 0.3) is 15.9 Å². The number of nitrogens with zero attached hydrogens (tertiary/aromatic N) is 1. The van der Waals surface area contributed by atoms with Crippen LogP contribution in [-0.2, 0) is 31.4 Å². The maximum atomic E-state index is 13.0. The van der Waals surface area contributed by atoms with Gasteiger partial charge < -0.3 is 9.50 Å². The SMILES string of the molecule is CSCN1C(=O)C(NCCc2ccc(OS(C)(=O)=O)cc2)=C(c2ccccc2)S1(=O)=O. The Morgan fingerprint density at radius 2 is 1.71 bits per heavy atom. The van der Waals surface area contributed by atoms with Gasteiger partial charge in [-0.15, -0.1) is 11.8 Å². The highest BCUT2D eigenvalue weighted by Gasteiger charge is 2.44. The Morgan fingerprint density at radius 3 is 2.29 bits per heavy atom. The standard InChI is InChI=1S/C20H22N2O6S3/c1-29-14-22-20(23)18(19(31(22,26)27)16-6-4-3-5-7-16)21-13-12-15-8-10-17(11-9-15)28-30(2,24)25/h3-11,21H,12-14H2,1-2H3. The monoisotopic (exact) mass is 482 g/mol. The molecule has 2 aromatic carbocycles. The Hall–Kier alpha value is -2.50. The van der Waals surface area contributed by atoms with E-state index in [4.69, 9.17) is 4.18 Å². The molecule has 8 nitrogen and oxygen atoms in total. The predicted octanol–water partition coefficient (Wildman–Crippen LogP) is 2.02. The third-order valence-corrected chi connectivity index (χ3v) is 7.39. The summed E-state index contributed by atoms with van der Waals surface area (Å²) in [7, 11) is -7.55. The van der Waals surface area contributed by atoms with Crippen molar-refractivity contribution in [1.82, 2.24) is 9.62 Å². The van der Waals surface area contributed by atoms with Crippen LogP contribution in [0.5, 0.6) is 5.75 Å². The summed E-state index contributed by atoms with van der Waals surface area (Å²) in [6.45, 7) is 0.312. The molecule has 0 aromatic heterocycles. The molecule has 0 radical (unpaired) electrons. The maximum absolute atomic E-state index is 13.0. The van der Waals surface area contributed by atoms with Crippen molar-refractivity contribution < 1.29 is 25.8 Å². The molecule has 31 heavy (non-hydrogen) atoms. The van der Waals surface area contributed by atoms with E-state index in [0.29, 0.717) is 18.5 Å². The van der Waals surface area contributed by atoms with E-state index in [1.165, 1.54) is 23.9 Å². The van der Waals surface area contributed by atoms with Crippen molar-refractivity contribution >= 4 is 42.7 Å². The molecule has 11 heteroatoms. The van der Waals surface area contributed by atoms with Gasteiger partial charge in [-0.05, 0) is 35.9 Å². The fourth-order valence-electron chi connectivity index (χ4n) is 3.07. The Morgan fingerprint density at radius 1 is 1.06 bits per heavy atom. The first-order valence-electron chi connectivity index (χ1n) is 9.21. The number of rotatable bonds is 9. The molecule has 0 aliphatic carbocycles. The summed E-state index contributed by atoms with van der Waals surface area (Å²) in [4.78, 5) is 12.8. The van der Waals surface area contributed by atoms with Crippen LogP contribution in [0.1, 0.15) is 11.1 Å². The summed E-state index contributed by atoms with van der Waals surface area (Å²) in [6.07, 6.45) is 3.18. The number of carbonyl (C=O) groups is 1.